The molecular formula is C22H25N3O4. The van der Waals surface area contributed by atoms with E-state index in [2.05, 4.69) is 4.98 Å². The van der Waals surface area contributed by atoms with Gasteiger partial charge in [0.25, 0.3) is 0 Å². The maximum atomic E-state index is 12.9. The van der Waals surface area contributed by atoms with Gasteiger partial charge in [-0.15, -0.1) is 0 Å². The Morgan fingerprint density at radius 2 is 1.90 bits per heavy atom. The van der Waals surface area contributed by atoms with Crippen molar-refractivity contribution in [3.63, 3.8) is 0 Å². The molecule has 2 aromatic rings. The van der Waals surface area contributed by atoms with Crippen molar-refractivity contribution in [2.75, 3.05) is 6.54 Å². The number of imide groups is 2. The molecule has 0 radical (unpaired) electrons. The van der Waals surface area contributed by atoms with Gasteiger partial charge in [-0.25, -0.2) is 9.69 Å². The van der Waals surface area contributed by atoms with Gasteiger partial charge in [-0.2, -0.15) is 0 Å². The summed E-state index contributed by atoms with van der Waals surface area (Å²) in [6.45, 7) is 3.61. The lowest BCUT2D eigenvalue weighted by Crippen LogP contribution is -2.46. The fourth-order valence-electron chi connectivity index (χ4n) is 4.61. The molecule has 0 bridgehead atoms. The van der Waals surface area contributed by atoms with Gasteiger partial charge >= 0.3 is 17.8 Å². The number of para-hydroxylation sites is 1. The number of H-pyrrole nitrogens is 1. The first-order chi connectivity index (χ1) is 13.9. The van der Waals surface area contributed by atoms with Crippen LogP contribution in [-0.4, -0.2) is 51.0 Å². The number of hydrogen-bond acceptors (Lipinski definition) is 4. The number of benzene rings is 1. The summed E-state index contributed by atoms with van der Waals surface area (Å²) in [5, 5.41) is 0.762. The lowest BCUT2D eigenvalue weighted by atomic mass is 9.85. The molecule has 2 heterocycles. The van der Waals surface area contributed by atoms with Crippen molar-refractivity contribution in [1.82, 2.24) is 14.8 Å². The van der Waals surface area contributed by atoms with Crippen molar-refractivity contribution >= 4 is 34.5 Å². The number of rotatable bonds is 5. The Morgan fingerprint density at radius 3 is 2.62 bits per heavy atom. The molecule has 4 rings (SSSR count). The zero-order chi connectivity index (χ0) is 20.7. The molecule has 1 saturated heterocycles. The summed E-state index contributed by atoms with van der Waals surface area (Å²) >= 11 is 0. The fraction of sp³-hybridized carbons (Fsp3) is 0.455. The van der Waals surface area contributed by atoms with E-state index in [-0.39, 0.29) is 17.7 Å². The molecule has 0 unspecified atom stereocenters. The number of aryl methyl sites for hydroxylation is 1. The molecule has 1 saturated carbocycles. The van der Waals surface area contributed by atoms with Crippen LogP contribution < -0.4 is 0 Å². The number of carbonyl (C=O) groups is 4. The van der Waals surface area contributed by atoms with Crippen LogP contribution in [0, 0.1) is 5.92 Å². The summed E-state index contributed by atoms with van der Waals surface area (Å²) in [7, 11) is 0. The molecule has 7 nitrogen and oxygen atoms in total. The molecule has 2 aliphatic rings. The zero-order valence-corrected chi connectivity index (χ0v) is 16.7. The number of nitrogens with zero attached hydrogens (tertiary/aromatic N) is 2. The van der Waals surface area contributed by atoms with E-state index in [4.69, 9.17) is 0 Å². The van der Waals surface area contributed by atoms with Gasteiger partial charge in [0, 0.05) is 28.7 Å². The maximum absolute atomic E-state index is 12.9. The molecule has 1 N–H and O–H groups in total. The van der Waals surface area contributed by atoms with E-state index in [1.165, 1.54) is 0 Å². The van der Waals surface area contributed by atoms with Crippen LogP contribution in [0.1, 0.15) is 55.5 Å². The van der Waals surface area contributed by atoms with Gasteiger partial charge in [-0.1, -0.05) is 44.9 Å². The summed E-state index contributed by atoms with van der Waals surface area (Å²) in [6.07, 6.45) is 6.04. The number of amides is 4. The normalized spacial score (nSPS) is 22.8. The fourth-order valence-corrected chi connectivity index (χ4v) is 4.61. The molecule has 1 aromatic heterocycles. The SMILES string of the molecule is CCc1cccc2c(C(=O)CN3C(=O)C(=O)N([C@@H]4CCCC[C@@H]4C)C3=O)c[nH]c12. The first kappa shape index (κ1) is 19.4. The molecule has 152 valence electrons. The summed E-state index contributed by atoms with van der Waals surface area (Å²) < 4.78 is 0. The molecule has 1 aromatic carbocycles. The Bertz CT molecular complexity index is 1010. The Kier molecular flexibility index (Phi) is 4.98. The topological polar surface area (TPSA) is 90.6 Å². The first-order valence-corrected chi connectivity index (χ1v) is 10.2. The van der Waals surface area contributed by atoms with Crippen molar-refractivity contribution in [3.8, 4) is 0 Å². The minimum atomic E-state index is -0.907. The van der Waals surface area contributed by atoms with Crippen molar-refractivity contribution in [1.29, 1.82) is 0 Å². The number of fused-ring (bicyclic) bond motifs is 1. The summed E-state index contributed by atoms with van der Waals surface area (Å²) in [6, 6.07) is 4.78. The first-order valence-electron chi connectivity index (χ1n) is 10.2. The average molecular weight is 395 g/mol. The van der Waals surface area contributed by atoms with Crippen molar-refractivity contribution in [2.24, 2.45) is 5.92 Å². The molecule has 0 spiro atoms. The van der Waals surface area contributed by atoms with Crippen LogP contribution in [-0.2, 0) is 16.0 Å². The summed E-state index contributed by atoms with van der Waals surface area (Å²) in [5.74, 6) is -1.93. The predicted octanol–water partition coefficient (Wildman–Crippen LogP) is 3.28. The van der Waals surface area contributed by atoms with Crippen molar-refractivity contribution in [2.45, 2.75) is 52.0 Å². The highest BCUT2D eigenvalue weighted by Gasteiger charge is 2.49. The highest BCUT2D eigenvalue weighted by molar-refractivity contribution is 6.45. The van der Waals surface area contributed by atoms with E-state index in [1.54, 1.807) is 6.20 Å². The van der Waals surface area contributed by atoms with E-state index in [0.717, 1.165) is 51.9 Å². The van der Waals surface area contributed by atoms with Gasteiger partial charge in [-0.3, -0.25) is 19.3 Å². The Hall–Kier alpha value is -2.96. The average Bonchev–Trinajstić information content (AvgIpc) is 3.24. The molecule has 7 heteroatoms. The highest BCUT2D eigenvalue weighted by Crippen LogP contribution is 2.31. The smallest absolute Gasteiger partial charge is 0.334 e. The Morgan fingerprint density at radius 1 is 1.14 bits per heavy atom. The Balaban J connectivity index is 1.58. The van der Waals surface area contributed by atoms with Crippen molar-refractivity contribution in [3.05, 3.63) is 35.5 Å². The quantitative estimate of drug-likeness (QED) is 0.478. The molecule has 1 aliphatic carbocycles. The third-order valence-electron chi connectivity index (χ3n) is 6.27. The van der Waals surface area contributed by atoms with Crippen molar-refractivity contribution < 1.29 is 19.2 Å². The monoisotopic (exact) mass is 395 g/mol. The zero-order valence-electron chi connectivity index (χ0n) is 16.7. The standard InChI is InChI=1S/C22H25N3O4/c1-3-14-8-6-9-15-16(11-23-19(14)15)18(26)12-24-20(27)21(28)25(22(24)29)17-10-5-4-7-13(17)2/h6,8-9,11,13,17,23H,3-5,7,10,12H2,1-2H3/t13-,17+/m0/s1. The predicted molar refractivity (Wildman–Crippen MR) is 107 cm³/mol. The molecule has 1 aliphatic heterocycles. The van der Waals surface area contributed by atoms with Gasteiger partial charge in [0.1, 0.15) is 0 Å². The van der Waals surface area contributed by atoms with Gasteiger partial charge in [0.2, 0.25) is 0 Å². The lowest BCUT2D eigenvalue weighted by molar-refractivity contribution is -0.144. The van der Waals surface area contributed by atoms with Gasteiger partial charge in [0.15, 0.2) is 5.78 Å². The van der Waals surface area contributed by atoms with Crippen LogP contribution in [0.15, 0.2) is 24.4 Å². The van der Waals surface area contributed by atoms with Crippen LogP contribution in [0.2, 0.25) is 0 Å². The van der Waals surface area contributed by atoms with Crippen LogP contribution in [0.25, 0.3) is 10.9 Å². The summed E-state index contributed by atoms with van der Waals surface area (Å²) in [4.78, 5) is 55.9. The van der Waals surface area contributed by atoms with E-state index >= 15 is 0 Å². The minimum absolute atomic E-state index is 0.154. The maximum Gasteiger partial charge on any atom is 0.334 e. The van der Waals surface area contributed by atoms with E-state index in [1.807, 2.05) is 32.0 Å². The summed E-state index contributed by atoms with van der Waals surface area (Å²) in [5.41, 5.74) is 2.39. The number of nitrogens with one attached hydrogen (secondary N) is 1. The molecule has 29 heavy (non-hydrogen) atoms. The van der Waals surface area contributed by atoms with Crippen LogP contribution in [0.3, 0.4) is 0 Å². The minimum Gasteiger partial charge on any atom is -0.360 e. The number of ketones is 1. The second-order valence-corrected chi connectivity index (χ2v) is 8.00. The van der Waals surface area contributed by atoms with E-state index in [0.29, 0.717) is 12.0 Å². The third kappa shape index (κ3) is 3.14. The number of urea groups is 1. The molecule has 2 atom stereocenters. The number of carbonyl (C=O) groups excluding carboxylic acids is 4. The van der Waals surface area contributed by atoms with Gasteiger partial charge in [0.05, 0.1) is 6.54 Å². The number of aromatic amines is 1. The van der Waals surface area contributed by atoms with Gasteiger partial charge in [-0.05, 0) is 30.7 Å². The molecular weight excluding hydrogens is 370 g/mol. The second-order valence-electron chi connectivity index (χ2n) is 8.00. The molecule has 2 fully saturated rings. The lowest BCUT2D eigenvalue weighted by Gasteiger charge is -2.34. The Labute approximate surface area is 169 Å². The molecule has 4 amide bonds. The largest absolute Gasteiger partial charge is 0.360 e. The highest BCUT2D eigenvalue weighted by atomic mass is 16.2. The van der Waals surface area contributed by atoms with Crippen LogP contribution in [0.4, 0.5) is 4.79 Å². The van der Waals surface area contributed by atoms with E-state index < -0.39 is 24.4 Å². The van der Waals surface area contributed by atoms with E-state index in [9.17, 15) is 19.2 Å². The second kappa shape index (κ2) is 7.46. The van der Waals surface area contributed by atoms with Crippen LogP contribution >= 0.6 is 0 Å². The third-order valence-corrected chi connectivity index (χ3v) is 6.27. The number of aromatic nitrogens is 1. The van der Waals surface area contributed by atoms with Gasteiger partial charge < -0.3 is 4.98 Å². The van der Waals surface area contributed by atoms with Crippen LogP contribution in [0.5, 0.6) is 0 Å². The number of Topliss-reactive ketones (excluding diaryl/α,β-unsaturated/α-hetero) is 1. The number of hydrogen-bond donors (Lipinski definition) is 1.